The zero-order valence-corrected chi connectivity index (χ0v) is 10.5. The van der Waals surface area contributed by atoms with E-state index < -0.39 is 5.97 Å². The van der Waals surface area contributed by atoms with E-state index in [0.29, 0.717) is 19.1 Å². The highest BCUT2D eigenvalue weighted by Gasteiger charge is 2.26. The maximum absolute atomic E-state index is 11.1. The van der Waals surface area contributed by atoms with Gasteiger partial charge in [-0.25, -0.2) is 0 Å². The molecule has 0 bridgehead atoms. The minimum atomic E-state index is -0.726. The molecule has 0 aliphatic carbocycles. The Morgan fingerprint density at radius 3 is 2.89 bits per heavy atom. The van der Waals surface area contributed by atoms with Gasteiger partial charge in [0.15, 0.2) is 0 Å². The first kappa shape index (κ1) is 13.0. The molecule has 5 heteroatoms. The predicted molar refractivity (Wildman–Crippen MR) is 68.1 cm³/mol. The van der Waals surface area contributed by atoms with Gasteiger partial charge in [0.2, 0.25) is 0 Å². The van der Waals surface area contributed by atoms with Crippen molar-refractivity contribution < 1.29 is 9.90 Å². The van der Waals surface area contributed by atoms with Gasteiger partial charge in [0, 0.05) is 44.6 Å². The van der Waals surface area contributed by atoms with Crippen molar-refractivity contribution in [3.63, 3.8) is 0 Å². The Kier molecular flexibility index (Phi) is 4.28. The normalized spacial score (nSPS) is 25.6. The van der Waals surface area contributed by atoms with E-state index in [2.05, 4.69) is 22.1 Å². The van der Waals surface area contributed by atoms with Gasteiger partial charge in [-0.1, -0.05) is 0 Å². The van der Waals surface area contributed by atoms with Gasteiger partial charge in [-0.3, -0.25) is 14.7 Å². The Morgan fingerprint density at radius 2 is 2.22 bits per heavy atom. The molecule has 18 heavy (non-hydrogen) atoms. The first-order chi connectivity index (χ1) is 8.65. The zero-order chi connectivity index (χ0) is 13.0. The highest BCUT2D eigenvalue weighted by atomic mass is 16.4. The van der Waals surface area contributed by atoms with Gasteiger partial charge >= 0.3 is 5.97 Å². The number of rotatable bonds is 3. The van der Waals surface area contributed by atoms with Crippen LogP contribution in [0.2, 0.25) is 0 Å². The summed E-state index contributed by atoms with van der Waals surface area (Å²) in [5.74, 6) is -1.06. The molecule has 1 saturated heterocycles. The van der Waals surface area contributed by atoms with E-state index in [1.165, 1.54) is 5.56 Å². The fraction of sp³-hybridized carbons (Fsp3) is 0.538. The summed E-state index contributed by atoms with van der Waals surface area (Å²) in [6.07, 6.45) is 3.53. The van der Waals surface area contributed by atoms with Crippen molar-refractivity contribution in [2.45, 2.75) is 19.5 Å². The monoisotopic (exact) mass is 249 g/mol. The van der Waals surface area contributed by atoms with E-state index in [9.17, 15) is 4.79 Å². The van der Waals surface area contributed by atoms with Crippen LogP contribution in [0.3, 0.4) is 0 Å². The van der Waals surface area contributed by atoms with Gasteiger partial charge in [0.25, 0.3) is 0 Å². The molecule has 1 aliphatic rings. The maximum Gasteiger partial charge on any atom is 0.309 e. The minimum Gasteiger partial charge on any atom is -0.481 e. The number of nitrogens with one attached hydrogen (secondary N) is 1. The molecule has 2 N–H and O–H groups in total. The number of hydrogen-bond acceptors (Lipinski definition) is 4. The molecule has 0 radical (unpaired) electrons. The lowest BCUT2D eigenvalue weighted by Gasteiger charge is -2.23. The Labute approximate surface area is 107 Å². The number of aliphatic carboxylic acids is 1. The molecule has 2 atom stereocenters. The lowest BCUT2D eigenvalue weighted by Crippen LogP contribution is -2.35. The summed E-state index contributed by atoms with van der Waals surface area (Å²) in [6.45, 7) is 4.87. The van der Waals surface area contributed by atoms with E-state index in [1.54, 1.807) is 12.4 Å². The quantitative estimate of drug-likeness (QED) is 0.820. The van der Waals surface area contributed by atoms with Crippen LogP contribution < -0.4 is 5.32 Å². The van der Waals surface area contributed by atoms with Crippen LogP contribution in [0.25, 0.3) is 0 Å². The Hall–Kier alpha value is -1.46. The molecule has 1 aliphatic heterocycles. The first-order valence-electron chi connectivity index (χ1n) is 6.22. The van der Waals surface area contributed by atoms with Crippen LogP contribution in [-0.2, 0) is 11.3 Å². The summed E-state index contributed by atoms with van der Waals surface area (Å²) in [5, 5.41) is 12.4. The largest absolute Gasteiger partial charge is 0.481 e. The summed E-state index contributed by atoms with van der Waals surface area (Å²) in [7, 11) is 0. The average Bonchev–Trinajstić information content (AvgIpc) is 2.52. The summed E-state index contributed by atoms with van der Waals surface area (Å²) in [5.41, 5.74) is 1.17. The predicted octanol–water partition coefficient (Wildman–Crippen LogP) is 0.576. The van der Waals surface area contributed by atoms with Gasteiger partial charge in [-0.2, -0.15) is 0 Å². The second-order valence-corrected chi connectivity index (χ2v) is 4.89. The van der Waals surface area contributed by atoms with Crippen molar-refractivity contribution in [1.82, 2.24) is 15.2 Å². The number of carboxylic acids is 1. The number of hydrogen-bond donors (Lipinski definition) is 2. The van der Waals surface area contributed by atoms with Crippen LogP contribution in [0, 0.1) is 5.92 Å². The van der Waals surface area contributed by atoms with Crippen LogP contribution in [0.15, 0.2) is 24.5 Å². The van der Waals surface area contributed by atoms with E-state index in [0.717, 1.165) is 13.1 Å². The molecule has 98 valence electrons. The summed E-state index contributed by atoms with van der Waals surface area (Å²) in [6, 6.07) is 4.26. The van der Waals surface area contributed by atoms with E-state index in [-0.39, 0.29) is 5.92 Å². The highest BCUT2D eigenvalue weighted by Crippen LogP contribution is 2.11. The third-order valence-corrected chi connectivity index (χ3v) is 3.23. The lowest BCUT2D eigenvalue weighted by molar-refractivity contribution is -0.142. The number of aromatic nitrogens is 1. The van der Waals surface area contributed by atoms with Crippen molar-refractivity contribution in [2.75, 3.05) is 19.6 Å². The highest BCUT2D eigenvalue weighted by molar-refractivity contribution is 5.70. The van der Waals surface area contributed by atoms with Crippen LogP contribution in [0.4, 0.5) is 0 Å². The fourth-order valence-electron chi connectivity index (χ4n) is 2.29. The Bertz CT molecular complexity index is 396. The molecule has 0 spiro atoms. The minimum absolute atomic E-state index is 0.316. The third kappa shape index (κ3) is 3.51. The van der Waals surface area contributed by atoms with Crippen LogP contribution >= 0.6 is 0 Å². The number of carboxylic acid groups (broad SMARTS) is 1. The molecule has 0 saturated carbocycles. The fourth-order valence-corrected chi connectivity index (χ4v) is 2.29. The first-order valence-corrected chi connectivity index (χ1v) is 6.22. The topological polar surface area (TPSA) is 65.5 Å². The van der Waals surface area contributed by atoms with Crippen molar-refractivity contribution in [3.05, 3.63) is 30.1 Å². The van der Waals surface area contributed by atoms with E-state index >= 15 is 0 Å². The van der Waals surface area contributed by atoms with Gasteiger partial charge in [-0.15, -0.1) is 0 Å². The van der Waals surface area contributed by atoms with E-state index in [1.807, 2.05) is 12.1 Å². The van der Waals surface area contributed by atoms with Gasteiger partial charge in [0.05, 0.1) is 5.92 Å². The molecule has 2 unspecified atom stereocenters. The molecular formula is C13H19N3O2. The molecule has 1 aromatic rings. The summed E-state index contributed by atoms with van der Waals surface area (Å²) in [4.78, 5) is 17.3. The van der Waals surface area contributed by atoms with Gasteiger partial charge in [0.1, 0.15) is 0 Å². The maximum atomic E-state index is 11.1. The SMILES string of the molecule is CC1CN(Cc2ccncc2)CC(C(=O)O)CN1. The molecule has 2 rings (SSSR count). The Morgan fingerprint density at radius 1 is 1.50 bits per heavy atom. The molecule has 0 aromatic carbocycles. The second-order valence-electron chi connectivity index (χ2n) is 4.89. The molecule has 2 heterocycles. The zero-order valence-electron chi connectivity index (χ0n) is 10.5. The third-order valence-electron chi connectivity index (χ3n) is 3.23. The van der Waals surface area contributed by atoms with Crippen LogP contribution in [-0.4, -0.2) is 46.6 Å². The molecule has 1 fully saturated rings. The molecule has 5 nitrogen and oxygen atoms in total. The van der Waals surface area contributed by atoms with E-state index in [4.69, 9.17) is 5.11 Å². The number of pyridine rings is 1. The number of nitrogens with zero attached hydrogens (tertiary/aromatic N) is 2. The summed E-state index contributed by atoms with van der Waals surface area (Å²) < 4.78 is 0. The van der Waals surface area contributed by atoms with Gasteiger partial charge < -0.3 is 10.4 Å². The lowest BCUT2D eigenvalue weighted by atomic mass is 10.1. The van der Waals surface area contributed by atoms with Crippen molar-refractivity contribution in [1.29, 1.82) is 0 Å². The molecule has 0 amide bonds. The standard InChI is InChI=1S/C13H19N3O2/c1-10-7-16(8-11-2-4-14-5-3-11)9-12(6-15-10)13(17)18/h2-5,10,12,15H,6-9H2,1H3,(H,17,18). The summed E-state index contributed by atoms with van der Waals surface area (Å²) >= 11 is 0. The van der Waals surface area contributed by atoms with Gasteiger partial charge in [-0.05, 0) is 24.6 Å². The average molecular weight is 249 g/mol. The smallest absolute Gasteiger partial charge is 0.309 e. The van der Waals surface area contributed by atoms with Crippen molar-refractivity contribution >= 4 is 5.97 Å². The van der Waals surface area contributed by atoms with Crippen molar-refractivity contribution in [3.8, 4) is 0 Å². The van der Waals surface area contributed by atoms with Crippen LogP contribution in [0.5, 0.6) is 0 Å². The Balaban J connectivity index is 2.03. The second kappa shape index (κ2) is 5.93. The molecule has 1 aromatic heterocycles. The molecular weight excluding hydrogens is 230 g/mol. The number of carbonyl (C=O) groups is 1. The van der Waals surface area contributed by atoms with Crippen LogP contribution in [0.1, 0.15) is 12.5 Å². The van der Waals surface area contributed by atoms with Crippen molar-refractivity contribution in [2.24, 2.45) is 5.92 Å².